The van der Waals surface area contributed by atoms with Crippen LogP contribution in [0.3, 0.4) is 0 Å². The smallest absolute Gasteiger partial charge is 0.243 e. The zero-order valence-corrected chi connectivity index (χ0v) is 21.6. The van der Waals surface area contributed by atoms with E-state index in [0.29, 0.717) is 30.6 Å². The van der Waals surface area contributed by atoms with Gasteiger partial charge in [-0.15, -0.1) is 0 Å². The van der Waals surface area contributed by atoms with Crippen LogP contribution in [0.2, 0.25) is 5.02 Å². The third-order valence-electron chi connectivity index (χ3n) is 7.03. The lowest BCUT2D eigenvalue weighted by atomic mass is 10.1. The van der Waals surface area contributed by atoms with Crippen LogP contribution in [0, 0.1) is 5.92 Å². The van der Waals surface area contributed by atoms with Gasteiger partial charge in [-0.2, -0.15) is 4.31 Å². The van der Waals surface area contributed by atoms with Crippen molar-refractivity contribution in [1.29, 1.82) is 0 Å². The molecule has 2 aromatic carbocycles. The molecule has 34 heavy (non-hydrogen) atoms. The van der Waals surface area contributed by atoms with Gasteiger partial charge >= 0.3 is 0 Å². The molecule has 2 aromatic rings. The SMILES string of the molecule is O=S(=O)(c1ccc(Cl)cc1)N(Cc1ccccc1OCCCN1CCCCC1)CC1CCCC1. The lowest BCUT2D eigenvalue weighted by Crippen LogP contribution is -2.34. The minimum Gasteiger partial charge on any atom is -0.493 e. The summed E-state index contributed by atoms with van der Waals surface area (Å²) in [5.74, 6) is 1.18. The van der Waals surface area contributed by atoms with Crippen molar-refractivity contribution in [2.75, 3.05) is 32.8 Å². The summed E-state index contributed by atoms with van der Waals surface area (Å²) in [6, 6.07) is 14.3. The molecule has 1 saturated heterocycles. The fourth-order valence-corrected chi connectivity index (χ4v) is 6.72. The Balaban J connectivity index is 1.45. The van der Waals surface area contributed by atoms with Crippen molar-refractivity contribution in [2.45, 2.75) is 62.8 Å². The van der Waals surface area contributed by atoms with Crippen LogP contribution in [-0.2, 0) is 16.6 Å². The van der Waals surface area contributed by atoms with Crippen LogP contribution in [0.1, 0.15) is 56.9 Å². The molecule has 2 aliphatic rings. The number of halogens is 1. The van der Waals surface area contributed by atoms with E-state index in [-0.39, 0.29) is 4.90 Å². The lowest BCUT2D eigenvalue weighted by molar-refractivity contribution is 0.204. The minimum absolute atomic E-state index is 0.287. The largest absolute Gasteiger partial charge is 0.493 e. The van der Waals surface area contributed by atoms with Gasteiger partial charge in [-0.25, -0.2) is 8.42 Å². The van der Waals surface area contributed by atoms with Gasteiger partial charge in [-0.3, -0.25) is 0 Å². The molecule has 186 valence electrons. The Hall–Kier alpha value is -1.60. The summed E-state index contributed by atoms with van der Waals surface area (Å²) in [4.78, 5) is 2.80. The molecule has 1 aliphatic carbocycles. The monoisotopic (exact) mass is 504 g/mol. The molecular weight excluding hydrogens is 468 g/mol. The summed E-state index contributed by atoms with van der Waals surface area (Å²) in [5.41, 5.74) is 0.913. The molecule has 7 heteroatoms. The summed E-state index contributed by atoms with van der Waals surface area (Å²) in [5, 5.41) is 0.532. The van der Waals surface area contributed by atoms with E-state index in [2.05, 4.69) is 4.90 Å². The van der Waals surface area contributed by atoms with E-state index in [0.717, 1.165) is 37.1 Å². The fraction of sp³-hybridized carbons (Fsp3) is 0.556. The number of nitrogens with zero attached hydrogens (tertiary/aromatic N) is 2. The molecule has 4 rings (SSSR count). The second-order valence-corrected chi connectivity index (χ2v) is 12.0. The molecule has 0 N–H and O–H groups in total. The molecule has 0 radical (unpaired) electrons. The molecule has 1 saturated carbocycles. The average Bonchev–Trinajstić information content (AvgIpc) is 3.36. The molecular formula is C27H37ClN2O3S. The molecule has 0 atom stereocenters. The Morgan fingerprint density at radius 1 is 0.941 bits per heavy atom. The van der Waals surface area contributed by atoms with E-state index in [1.54, 1.807) is 28.6 Å². The third-order valence-corrected chi connectivity index (χ3v) is 9.11. The van der Waals surface area contributed by atoms with Crippen LogP contribution >= 0.6 is 11.6 Å². The van der Waals surface area contributed by atoms with Crippen molar-refractivity contribution < 1.29 is 13.2 Å². The standard InChI is InChI=1S/C27H37ClN2O3S/c28-25-13-15-26(16-14-25)34(31,32)30(21-23-9-2-3-10-23)22-24-11-4-5-12-27(24)33-20-8-19-29-17-6-1-7-18-29/h4-5,11-16,23H,1-3,6-10,17-22H2. The molecule has 1 heterocycles. The van der Waals surface area contributed by atoms with Gasteiger partial charge in [0.05, 0.1) is 11.5 Å². The molecule has 2 fully saturated rings. The van der Waals surface area contributed by atoms with Gasteiger partial charge in [-0.1, -0.05) is 49.1 Å². The molecule has 0 bridgehead atoms. The van der Waals surface area contributed by atoms with Crippen LogP contribution in [0.15, 0.2) is 53.4 Å². The molecule has 0 aromatic heterocycles. The summed E-state index contributed by atoms with van der Waals surface area (Å²) in [7, 11) is -3.65. The van der Waals surface area contributed by atoms with Gasteiger partial charge < -0.3 is 9.64 Å². The average molecular weight is 505 g/mol. The number of hydrogen-bond acceptors (Lipinski definition) is 4. The normalized spacial score (nSPS) is 17.9. The maximum atomic E-state index is 13.6. The minimum atomic E-state index is -3.65. The van der Waals surface area contributed by atoms with E-state index in [1.165, 1.54) is 45.2 Å². The highest BCUT2D eigenvalue weighted by Crippen LogP contribution is 2.30. The van der Waals surface area contributed by atoms with Crippen molar-refractivity contribution in [3.05, 3.63) is 59.1 Å². The number of sulfonamides is 1. The van der Waals surface area contributed by atoms with Crippen molar-refractivity contribution >= 4 is 21.6 Å². The number of rotatable bonds is 11. The van der Waals surface area contributed by atoms with Gasteiger partial charge in [0, 0.05) is 30.2 Å². The van der Waals surface area contributed by atoms with Crippen molar-refractivity contribution in [1.82, 2.24) is 9.21 Å². The number of ether oxygens (including phenoxy) is 1. The third kappa shape index (κ3) is 6.97. The first-order chi connectivity index (χ1) is 16.5. The van der Waals surface area contributed by atoms with E-state index in [9.17, 15) is 8.42 Å². The van der Waals surface area contributed by atoms with Crippen LogP contribution in [0.5, 0.6) is 5.75 Å². The Kier molecular flexibility index (Phi) is 9.29. The molecule has 0 amide bonds. The van der Waals surface area contributed by atoms with E-state index >= 15 is 0 Å². The highest BCUT2D eigenvalue weighted by molar-refractivity contribution is 7.89. The van der Waals surface area contributed by atoms with Crippen molar-refractivity contribution in [3.63, 3.8) is 0 Å². The molecule has 0 spiro atoms. The second-order valence-electron chi connectivity index (χ2n) is 9.61. The maximum absolute atomic E-state index is 13.6. The fourth-order valence-electron chi connectivity index (χ4n) is 5.10. The first kappa shape index (κ1) is 25.5. The van der Waals surface area contributed by atoms with Gasteiger partial charge in [0.15, 0.2) is 0 Å². The van der Waals surface area contributed by atoms with Crippen LogP contribution in [-0.4, -0.2) is 50.4 Å². The number of likely N-dealkylation sites (tertiary alicyclic amines) is 1. The zero-order valence-electron chi connectivity index (χ0n) is 20.0. The highest BCUT2D eigenvalue weighted by Gasteiger charge is 2.29. The van der Waals surface area contributed by atoms with Crippen molar-refractivity contribution in [3.8, 4) is 5.75 Å². The first-order valence-electron chi connectivity index (χ1n) is 12.7. The first-order valence-corrected chi connectivity index (χ1v) is 14.5. The van der Waals surface area contributed by atoms with Crippen LogP contribution < -0.4 is 4.74 Å². The van der Waals surface area contributed by atoms with Crippen LogP contribution in [0.4, 0.5) is 0 Å². The molecule has 1 aliphatic heterocycles. The van der Waals surface area contributed by atoms with Crippen LogP contribution in [0.25, 0.3) is 0 Å². The number of para-hydroxylation sites is 1. The number of piperidine rings is 1. The summed E-state index contributed by atoms with van der Waals surface area (Å²) >= 11 is 6.01. The van der Waals surface area contributed by atoms with E-state index < -0.39 is 10.0 Å². The summed E-state index contributed by atoms with van der Waals surface area (Å²) in [6.45, 7) is 4.92. The van der Waals surface area contributed by atoms with E-state index in [1.807, 2.05) is 24.3 Å². The number of hydrogen-bond donors (Lipinski definition) is 0. The predicted molar refractivity (Wildman–Crippen MR) is 138 cm³/mol. The Labute approximate surface area is 210 Å². The Morgan fingerprint density at radius 2 is 1.65 bits per heavy atom. The quantitative estimate of drug-likeness (QED) is 0.353. The van der Waals surface area contributed by atoms with E-state index in [4.69, 9.17) is 16.3 Å². The van der Waals surface area contributed by atoms with Gasteiger partial charge in [0.25, 0.3) is 0 Å². The van der Waals surface area contributed by atoms with Crippen molar-refractivity contribution in [2.24, 2.45) is 5.92 Å². The van der Waals surface area contributed by atoms with Gasteiger partial charge in [0.2, 0.25) is 10.0 Å². The summed E-state index contributed by atoms with van der Waals surface area (Å²) in [6.07, 6.45) is 9.43. The Bertz CT molecular complexity index is 1000. The van der Waals surface area contributed by atoms with Gasteiger partial charge in [0.1, 0.15) is 5.75 Å². The highest BCUT2D eigenvalue weighted by atomic mass is 35.5. The zero-order chi connectivity index (χ0) is 23.8. The Morgan fingerprint density at radius 3 is 2.38 bits per heavy atom. The molecule has 5 nitrogen and oxygen atoms in total. The summed E-state index contributed by atoms with van der Waals surface area (Å²) < 4.78 is 35.0. The lowest BCUT2D eigenvalue weighted by Gasteiger charge is -2.27. The maximum Gasteiger partial charge on any atom is 0.243 e. The topological polar surface area (TPSA) is 49.9 Å². The molecule has 0 unspecified atom stereocenters. The number of benzene rings is 2. The predicted octanol–water partition coefficient (Wildman–Crippen LogP) is 5.98. The van der Waals surface area contributed by atoms with Gasteiger partial charge in [-0.05, 0) is 81.4 Å². The second kappa shape index (κ2) is 12.4.